The molecule has 0 aliphatic heterocycles. The molecule has 0 spiro atoms. The lowest BCUT2D eigenvalue weighted by Gasteiger charge is -2.34. The van der Waals surface area contributed by atoms with Gasteiger partial charge >= 0.3 is 0 Å². The Morgan fingerprint density at radius 2 is 2.06 bits per heavy atom. The van der Waals surface area contributed by atoms with E-state index in [0.29, 0.717) is 6.04 Å². The molecule has 1 aliphatic rings. The fourth-order valence-electron chi connectivity index (χ4n) is 2.51. The van der Waals surface area contributed by atoms with Gasteiger partial charge in [-0.2, -0.15) is 0 Å². The molecule has 1 aromatic rings. The maximum Gasteiger partial charge on any atom is 0.141 e. The van der Waals surface area contributed by atoms with E-state index in [9.17, 15) is 4.39 Å². The highest BCUT2D eigenvalue weighted by Gasteiger charge is 2.21. The van der Waals surface area contributed by atoms with Gasteiger partial charge in [-0.05, 0) is 25.0 Å². The van der Waals surface area contributed by atoms with Crippen LogP contribution in [0.5, 0.6) is 0 Å². The second-order valence-electron chi connectivity index (χ2n) is 4.51. The highest BCUT2D eigenvalue weighted by atomic mass is 79.9. The third-order valence-electron chi connectivity index (χ3n) is 3.35. The van der Waals surface area contributed by atoms with Gasteiger partial charge in [-0.25, -0.2) is 9.37 Å². The molecule has 0 radical (unpaired) electrons. The van der Waals surface area contributed by atoms with Crippen LogP contribution in [0.25, 0.3) is 0 Å². The number of anilines is 1. The van der Waals surface area contributed by atoms with Crippen LogP contribution in [0.4, 0.5) is 10.2 Å². The number of hydrogen-bond donors (Lipinski definition) is 0. The van der Waals surface area contributed by atoms with Gasteiger partial charge < -0.3 is 4.90 Å². The standard InChI is InChI=1S/C13H18BrFN2/c14-8-9-17(12-4-2-1-3-5-12)13-7-6-11(15)10-16-13/h6-7,10,12H,1-5,8-9H2. The van der Waals surface area contributed by atoms with Crippen molar-refractivity contribution >= 4 is 21.7 Å². The summed E-state index contributed by atoms with van der Waals surface area (Å²) < 4.78 is 12.9. The summed E-state index contributed by atoms with van der Waals surface area (Å²) in [6.07, 6.45) is 7.70. The molecule has 1 aliphatic carbocycles. The summed E-state index contributed by atoms with van der Waals surface area (Å²) in [6.45, 7) is 0.934. The molecular formula is C13H18BrFN2. The van der Waals surface area contributed by atoms with Crippen molar-refractivity contribution in [3.05, 3.63) is 24.1 Å². The van der Waals surface area contributed by atoms with Crippen LogP contribution in [0.1, 0.15) is 32.1 Å². The first-order valence-electron chi connectivity index (χ1n) is 6.25. The zero-order valence-electron chi connectivity index (χ0n) is 9.91. The molecule has 0 amide bonds. The highest BCUT2D eigenvalue weighted by Crippen LogP contribution is 2.26. The molecule has 94 valence electrons. The van der Waals surface area contributed by atoms with Gasteiger partial charge in [0.25, 0.3) is 0 Å². The Hall–Kier alpha value is -0.640. The van der Waals surface area contributed by atoms with Crippen LogP contribution in [0, 0.1) is 5.82 Å². The van der Waals surface area contributed by atoms with Crippen LogP contribution in [-0.4, -0.2) is 22.9 Å². The lowest BCUT2D eigenvalue weighted by atomic mass is 9.94. The van der Waals surface area contributed by atoms with Crippen molar-refractivity contribution in [1.29, 1.82) is 0 Å². The largest absolute Gasteiger partial charge is 0.353 e. The molecule has 1 fully saturated rings. The predicted molar refractivity (Wildman–Crippen MR) is 72.2 cm³/mol. The number of aromatic nitrogens is 1. The number of pyridine rings is 1. The monoisotopic (exact) mass is 300 g/mol. The lowest BCUT2D eigenvalue weighted by molar-refractivity contribution is 0.417. The van der Waals surface area contributed by atoms with E-state index in [1.165, 1.54) is 44.4 Å². The fraction of sp³-hybridized carbons (Fsp3) is 0.615. The minimum absolute atomic E-state index is 0.267. The molecule has 0 N–H and O–H groups in total. The highest BCUT2D eigenvalue weighted by molar-refractivity contribution is 9.09. The van der Waals surface area contributed by atoms with Gasteiger partial charge in [0.05, 0.1) is 6.20 Å². The van der Waals surface area contributed by atoms with Crippen LogP contribution in [0.2, 0.25) is 0 Å². The summed E-state index contributed by atoms with van der Waals surface area (Å²) in [6, 6.07) is 3.85. The number of alkyl halides is 1. The molecular weight excluding hydrogens is 283 g/mol. The minimum atomic E-state index is -0.267. The van der Waals surface area contributed by atoms with Crippen molar-refractivity contribution in [2.45, 2.75) is 38.1 Å². The van der Waals surface area contributed by atoms with Crippen molar-refractivity contribution in [3.63, 3.8) is 0 Å². The average molecular weight is 301 g/mol. The van der Waals surface area contributed by atoms with Gasteiger partial charge in [0.2, 0.25) is 0 Å². The second kappa shape index (κ2) is 6.34. The first-order valence-corrected chi connectivity index (χ1v) is 7.37. The number of halogens is 2. The number of nitrogens with zero attached hydrogens (tertiary/aromatic N) is 2. The second-order valence-corrected chi connectivity index (χ2v) is 5.30. The van der Waals surface area contributed by atoms with E-state index >= 15 is 0 Å². The summed E-state index contributed by atoms with van der Waals surface area (Å²) in [4.78, 5) is 6.52. The molecule has 2 rings (SSSR count). The number of hydrogen-bond acceptors (Lipinski definition) is 2. The van der Waals surface area contributed by atoms with Gasteiger partial charge in [0, 0.05) is 17.9 Å². The Morgan fingerprint density at radius 3 is 2.65 bits per heavy atom. The van der Waals surface area contributed by atoms with E-state index in [-0.39, 0.29) is 5.82 Å². The van der Waals surface area contributed by atoms with Crippen molar-refractivity contribution in [2.75, 3.05) is 16.8 Å². The molecule has 4 heteroatoms. The average Bonchev–Trinajstić information content (AvgIpc) is 2.38. The summed E-state index contributed by atoms with van der Waals surface area (Å²) in [5, 5.41) is 0.919. The quantitative estimate of drug-likeness (QED) is 0.787. The van der Waals surface area contributed by atoms with E-state index in [0.717, 1.165) is 17.7 Å². The molecule has 1 aromatic heterocycles. The maximum atomic E-state index is 12.9. The van der Waals surface area contributed by atoms with Gasteiger partial charge in [-0.3, -0.25) is 0 Å². The molecule has 1 heterocycles. The van der Waals surface area contributed by atoms with E-state index in [1.807, 2.05) is 0 Å². The smallest absolute Gasteiger partial charge is 0.141 e. The van der Waals surface area contributed by atoms with Crippen LogP contribution >= 0.6 is 15.9 Å². The Labute approximate surface area is 110 Å². The Bertz CT molecular complexity index is 336. The third kappa shape index (κ3) is 3.41. The molecule has 0 saturated heterocycles. The van der Waals surface area contributed by atoms with Gasteiger partial charge in [-0.1, -0.05) is 35.2 Å². The van der Waals surface area contributed by atoms with E-state index in [2.05, 4.69) is 25.8 Å². The lowest BCUT2D eigenvalue weighted by Crippen LogP contribution is -2.38. The fourth-order valence-corrected chi connectivity index (χ4v) is 2.89. The van der Waals surface area contributed by atoms with Crippen molar-refractivity contribution < 1.29 is 4.39 Å². The van der Waals surface area contributed by atoms with Gasteiger partial charge in [0.15, 0.2) is 0 Å². The van der Waals surface area contributed by atoms with Crippen molar-refractivity contribution in [3.8, 4) is 0 Å². The van der Waals surface area contributed by atoms with E-state index < -0.39 is 0 Å². The predicted octanol–water partition coefficient (Wildman–Crippen LogP) is 3.75. The summed E-state index contributed by atoms with van der Waals surface area (Å²) in [5.74, 6) is 0.633. The zero-order valence-corrected chi connectivity index (χ0v) is 11.5. The molecule has 0 atom stereocenters. The summed E-state index contributed by atoms with van der Waals surface area (Å²) in [7, 11) is 0. The van der Waals surface area contributed by atoms with E-state index in [1.54, 1.807) is 6.07 Å². The molecule has 1 saturated carbocycles. The first-order chi connectivity index (χ1) is 8.31. The Balaban J connectivity index is 2.12. The molecule has 0 unspecified atom stereocenters. The minimum Gasteiger partial charge on any atom is -0.353 e. The molecule has 0 aromatic carbocycles. The van der Waals surface area contributed by atoms with Gasteiger partial charge in [0.1, 0.15) is 11.6 Å². The normalized spacial score (nSPS) is 17.1. The molecule has 0 bridgehead atoms. The van der Waals surface area contributed by atoms with Gasteiger partial charge in [-0.15, -0.1) is 0 Å². The molecule has 2 nitrogen and oxygen atoms in total. The summed E-state index contributed by atoms with van der Waals surface area (Å²) >= 11 is 3.48. The topological polar surface area (TPSA) is 16.1 Å². The maximum absolute atomic E-state index is 12.9. The van der Waals surface area contributed by atoms with Crippen LogP contribution < -0.4 is 4.90 Å². The Kier molecular flexibility index (Phi) is 4.77. The van der Waals surface area contributed by atoms with Crippen LogP contribution in [0.3, 0.4) is 0 Å². The van der Waals surface area contributed by atoms with Crippen LogP contribution in [0.15, 0.2) is 18.3 Å². The zero-order chi connectivity index (χ0) is 12.1. The SMILES string of the molecule is Fc1ccc(N(CCBr)C2CCCCC2)nc1. The first kappa shape index (κ1) is 12.8. The summed E-state index contributed by atoms with van der Waals surface area (Å²) in [5.41, 5.74) is 0. The van der Waals surface area contributed by atoms with Crippen LogP contribution in [-0.2, 0) is 0 Å². The third-order valence-corrected chi connectivity index (χ3v) is 3.70. The van der Waals surface area contributed by atoms with E-state index in [4.69, 9.17) is 0 Å². The van der Waals surface area contributed by atoms with Crippen molar-refractivity contribution in [2.24, 2.45) is 0 Å². The molecule has 17 heavy (non-hydrogen) atoms. The van der Waals surface area contributed by atoms with Crippen molar-refractivity contribution in [1.82, 2.24) is 4.98 Å². The Morgan fingerprint density at radius 1 is 1.29 bits per heavy atom. The number of rotatable bonds is 4.